The van der Waals surface area contributed by atoms with Crippen molar-refractivity contribution >= 4 is 11.8 Å². The van der Waals surface area contributed by atoms with Gasteiger partial charge in [0.15, 0.2) is 0 Å². The molecule has 3 heterocycles. The summed E-state index contributed by atoms with van der Waals surface area (Å²) in [4.78, 5) is 20.9. The maximum absolute atomic E-state index is 12.2. The first-order valence-corrected chi connectivity index (χ1v) is 8.60. The lowest BCUT2D eigenvalue weighted by Gasteiger charge is -2.32. The summed E-state index contributed by atoms with van der Waals surface area (Å²) in [6.07, 6.45) is 5.46. The third kappa shape index (κ3) is 4.13. The van der Waals surface area contributed by atoms with E-state index >= 15 is 0 Å². The minimum atomic E-state index is -0.0182. The Morgan fingerprint density at radius 2 is 2.17 bits per heavy atom. The van der Waals surface area contributed by atoms with Gasteiger partial charge in [-0.3, -0.25) is 0 Å². The van der Waals surface area contributed by atoms with Gasteiger partial charge in [0.1, 0.15) is 5.82 Å². The molecule has 2 aliphatic heterocycles. The number of carbonyl (C=O) groups is 1. The highest BCUT2D eigenvalue weighted by molar-refractivity contribution is 5.74. The molecule has 1 N–H and O–H groups in total. The predicted molar refractivity (Wildman–Crippen MR) is 89.5 cm³/mol. The average molecular weight is 318 g/mol. The first-order valence-electron chi connectivity index (χ1n) is 8.60. The largest absolute Gasteiger partial charge is 0.375 e. The maximum atomic E-state index is 12.2. The summed E-state index contributed by atoms with van der Waals surface area (Å²) in [6, 6.07) is 4.08. The molecule has 6 nitrogen and oxygen atoms in total. The van der Waals surface area contributed by atoms with Crippen LogP contribution in [0.4, 0.5) is 10.6 Å². The van der Waals surface area contributed by atoms with E-state index in [-0.39, 0.29) is 12.1 Å². The van der Waals surface area contributed by atoms with E-state index in [0.29, 0.717) is 26.2 Å². The molecule has 0 bridgehead atoms. The fourth-order valence-corrected chi connectivity index (χ4v) is 3.09. The highest BCUT2D eigenvalue weighted by Crippen LogP contribution is 2.17. The fourth-order valence-electron chi connectivity index (χ4n) is 3.09. The van der Waals surface area contributed by atoms with Gasteiger partial charge in [-0.05, 0) is 30.9 Å². The summed E-state index contributed by atoms with van der Waals surface area (Å²) in [5.74, 6) is 1.04. The number of urea groups is 1. The summed E-state index contributed by atoms with van der Waals surface area (Å²) >= 11 is 0. The molecular weight excluding hydrogens is 292 g/mol. The zero-order valence-corrected chi connectivity index (χ0v) is 13.8. The van der Waals surface area contributed by atoms with Crippen LogP contribution in [0.2, 0.25) is 0 Å². The normalized spacial score (nSPS) is 21.5. The van der Waals surface area contributed by atoms with Gasteiger partial charge < -0.3 is 19.9 Å². The Labute approximate surface area is 137 Å². The molecule has 1 unspecified atom stereocenters. The van der Waals surface area contributed by atoms with Gasteiger partial charge in [-0.1, -0.05) is 13.0 Å². The van der Waals surface area contributed by atoms with E-state index in [1.54, 1.807) is 0 Å². The van der Waals surface area contributed by atoms with Gasteiger partial charge in [-0.25, -0.2) is 9.78 Å². The lowest BCUT2D eigenvalue weighted by atomic mass is 10.2. The molecule has 2 fully saturated rings. The SMILES string of the molecule is CCC1CN(C(=O)NCc2ccc(N3CCCC3)nc2)CCO1. The second kappa shape index (κ2) is 7.64. The van der Waals surface area contributed by atoms with Crippen LogP contribution in [0.15, 0.2) is 18.3 Å². The third-order valence-electron chi connectivity index (χ3n) is 4.56. The third-order valence-corrected chi connectivity index (χ3v) is 4.56. The number of ether oxygens (including phenoxy) is 1. The molecule has 0 aromatic carbocycles. The molecule has 23 heavy (non-hydrogen) atoms. The van der Waals surface area contributed by atoms with Crippen molar-refractivity contribution in [3.8, 4) is 0 Å². The lowest BCUT2D eigenvalue weighted by molar-refractivity contribution is -0.0154. The van der Waals surface area contributed by atoms with Crippen LogP contribution in [-0.4, -0.2) is 54.8 Å². The molecule has 0 spiro atoms. The van der Waals surface area contributed by atoms with Crippen LogP contribution >= 0.6 is 0 Å². The lowest BCUT2D eigenvalue weighted by Crippen LogP contribution is -2.49. The van der Waals surface area contributed by atoms with Crippen molar-refractivity contribution in [1.82, 2.24) is 15.2 Å². The van der Waals surface area contributed by atoms with Crippen LogP contribution in [0.5, 0.6) is 0 Å². The average Bonchev–Trinajstić information content (AvgIpc) is 3.15. The van der Waals surface area contributed by atoms with Crippen molar-refractivity contribution in [2.45, 2.75) is 38.8 Å². The standard InChI is InChI=1S/C17H26N4O2/c1-2-15-13-21(9-10-23-15)17(22)19-12-14-5-6-16(18-11-14)20-7-3-4-8-20/h5-6,11,15H,2-4,7-10,12-13H2,1H3,(H,19,22). The smallest absolute Gasteiger partial charge is 0.317 e. The highest BCUT2D eigenvalue weighted by Gasteiger charge is 2.22. The Morgan fingerprint density at radius 3 is 2.87 bits per heavy atom. The first kappa shape index (κ1) is 16.1. The number of anilines is 1. The van der Waals surface area contributed by atoms with Crippen LogP contribution in [0.25, 0.3) is 0 Å². The molecule has 0 aliphatic carbocycles. The van der Waals surface area contributed by atoms with Crippen molar-refractivity contribution in [2.75, 3.05) is 37.7 Å². The Balaban J connectivity index is 1.48. The molecular formula is C17H26N4O2. The van der Waals surface area contributed by atoms with Gasteiger partial charge in [0.25, 0.3) is 0 Å². The Hall–Kier alpha value is -1.82. The monoisotopic (exact) mass is 318 g/mol. The number of carbonyl (C=O) groups excluding carboxylic acids is 1. The molecule has 1 atom stereocenters. The molecule has 2 saturated heterocycles. The van der Waals surface area contributed by atoms with E-state index in [4.69, 9.17) is 4.74 Å². The van der Waals surface area contributed by atoms with E-state index < -0.39 is 0 Å². The predicted octanol–water partition coefficient (Wildman–Crippen LogP) is 2.00. The van der Waals surface area contributed by atoms with Gasteiger partial charge in [0.05, 0.1) is 12.7 Å². The summed E-state index contributed by atoms with van der Waals surface area (Å²) in [5.41, 5.74) is 1.03. The quantitative estimate of drug-likeness (QED) is 0.922. The fraction of sp³-hybridized carbons (Fsp3) is 0.647. The maximum Gasteiger partial charge on any atom is 0.317 e. The summed E-state index contributed by atoms with van der Waals surface area (Å²) in [6.45, 7) is 6.75. The second-order valence-corrected chi connectivity index (χ2v) is 6.22. The first-order chi connectivity index (χ1) is 11.3. The zero-order chi connectivity index (χ0) is 16.1. The number of morpholine rings is 1. The van der Waals surface area contributed by atoms with Crippen molar-refractivity contribution in [2.24, 2.45) is 0 Å². The topological polar surface area (TPSA) is 57.7 Å². The van der Waals surface area contributed by atoms with Crippen molar-refractivity contribution in [3.63, 3.8) is 0 Å². The number of nitrogens with zero attached hydrogens (tertiary/aromatic N) is 3. The van der Waals surface area contributed by atoms with Crippen LogP contribution in [0.1, 0.15) is 31.7 Å². The summed E-state index contributed by atoms with van der Waals surface area (Å²) in [5, 5.41) is 2.98. The molecule has 126 valence electrons. The molecule has 3 rings (SSSR count). The summed E-state index contributed by atoms with van der Waals surface area (Å²) < 4.78 is 5.60. The Morgan fingerprint density at radius 1 is 1.35 bits per heavy atom. The van der Waals surface area contributed by atoms with Crippen LogP contribution in [0.3, 0.4) is 0 Å². The van der Waals surface area contributed by atoms with E-state index in [9.17, 15) is 4.79 Å². The highest BCUT2D eigenvalue weighted by atomic mass is 16.5. The number of hydrogen-bond acceptors (Lipinski definition) is 4. The van der Waals surface area contributed by atoms with E-state index in [0.717, 1.165) is 30.9 Å². The second-order valence-electron chi connectivity index (χ2n) is 6.22. The van der Waals surface area contributed by atoms with Crippen molar-refractivity contribution in [3.05, 3.63) is 23.9 Å². The number of hydrogen-bond donors (Lipinski definition) is 1. The van der Waals surface area contributed by atoms with E-state index in [2.05, 4.69) is 34.3 Å². The number of pyridine rings is 1. The minimum absolute atomic E-state index is 0.0182. The minimum Gasteiger partial charge on any atom is -0.375 e. The van der Waals surface area contributed by atoms with Crippen molar-refractivity contribution in [1.29, 1.82) is 0 Å². The van der Waals surface area contributed by atoms with Crippen molar-refractivity contribution < 1.29 is 9.53 Å². The summed E-state index contributed by atoms with van der Waals surface area (Å²) in [7, 11) is 0. The van der Waals surface area contributed by atoms with E-state index in [1.165, 1.54) is 12.8 Å². The van der Waals surface area contributed by atoms with Crippen LogP contribution < -0.4 is 10.2 Å². The molecule has 2 aliphatic rings. The molecule has 1 aromatic heterocycles. The zero-order valence-electron chi connectivity index (χ0n) is 13.8. The molecule has 2 amide bonds. The molecule has 0 saturated carbocycles. The van der Waals surface area contributed by atoms with Gasteiger partial charge >= 0.3 is 6.03 Å². The number of aromatic nitrogens is 1. The van der Waals surface area contributed by atoms with Gasteiger partial charge in [-0.15, -0.1) is 0 Å². The number of nitrogens with one attached hydrogen (secondary N) is 1. The number of amides is 2. The van der Waals surface area contributed by atoms with Gasteiger partial charge in [0, 0.05) is 38.9 Å². The molecule has 0 radical (unpaired) electrons. The van der Waals surface area contributed by atoms with Gasteiger partial charge in [-0.2, -0.15) is 0 Å². The Bertz CT molecular complexity index is 514. The Kier molecular flexibility index (Phi) is 5.33. The van der Waals surface area contributed by atoms with Crippen LogP contribution in [-0.2, 0) is 11.3 Å². The number of rotatable bonds is 4. The van der Waals surface area contributed by atoms with Crippen LogP contribution in [0, 0.1) is 0 Å². The molecule has 6 heteroatoms. The van der Waals surface area contributed by atoms with Gasteiger partial charge in [0.2, 0.25) is 0 Å². The van der Waals surface area contributed by atoms with E-state index in [1.807, 2.05) is 11.1 Å². The molecule has 1 aromatic rings.